The van der Waals surface area contributed by atoms with Crippen molar-refractivity contribution in [3.05, 3.63) is 17.7 Å². The van der Waals surface area contributed by atoms with Crippen LogP contribution in [0, 0.1) is 5.92 Å². The van der Waals surface area contributed by atoms with Crippen molar-refractivity contribution in [2.24, 2.45) is 5.92 Å². The zero-order valence-corrected chi connectivity index (χ0v) is 17.0. The highest BCUT2D eigenvalue weighted by Gasteiger charge is 2.27. The molecule has 0 aromatic heterocycles. The number of hydrogen-bond donors (Lipinski definition) is 1. The van der Waals surface area contributed by atoms with Crippen molar-refractivity contribution in [3.8, 4) is 17.2 Å². The van der Waals surface area contributed by atoms with Crippen molar-refractivity contribution < 1.29 is 38.1 Å². The van der Waals surface area contributed by atoms with Crippen LogP contribution in [0.4, 0.5) is 0 Å². The summed E-state index contributed by atoms with van der Waals surface area (Å²) in [5.74, 6) is -1.22. The first kappa shape index (κ1) is 23.1. The molecular formula is C19H27NO8. The van der Waals surface area contributed by atoms with Crippen LogP contribution >= 0.6 is 0 Å². The molecule has 0 unspecified atom stereocenters. The summed E-state index contributed by atoms with van der Waals surface area (Å²) in [7, 11) is 5.51. The smallest absolute Gasteiger partial charge is 0.342 e. The quantitative estimate of drug-likeness (QED) is 0.593. The van der Waals surface area contributed by atoms with E-state index in [0.717, 1.165) is 0 Å². The molecule has 28 heavy (non-hydrogen) atoms. The number of methoxy groups -OCH3 is 4. The highest BCUT2D eigenvalue weighted by atomic mass is 16.5. The van der Waals surface area contributed by atoms with E-state index in [1.54, 1.807) is 0 Å². The molecule has 0 fully saturated rings. The number of benzene rings is 1. The largest absolute Gasteiger partial charge is 0.496 e. The van der Waals surface area contributed by atoms with Crippen molar-refractivity contribution in [2.45, 2.75) is 26.3 Å². The van der Waals surface area contributed by atoms with Crippen LogP contribution in [-0.2, 0) is 19.1 Å². The number of rotatable bonds is 10. The second-order valence-corrected chi connectivity index (χ2v) is 5.94. The molecule has 0 aliphatic carbocycles. The molecule has 0 aliphatic heterocycles. The first-order valence-electron chi connectivity index (χ1n) is 8.67. The SMILES string of the molecule is CC[C@H](C)[C@H](NC(=O)COC(=O)c1cc(OC)c(OC)cc1OC)C(=O)OC. The van der Waals surface area contributed by atoms with Gasteiger partial charge in [0.05, 0.1) is 28.4 Å². The van der Waals surface area contributed by atoms with Crippen LogP contribution in [-0.4, -0.2) is 58.9 Å². The average molecular weight is 397 g/mol. The molecule has 156 valence electrons. The van der Waals surface area contributed by atoms with Gasteiger partial charge < -0.3 is 29.0 Å². The molecule has 0 saturated carbocycles. The molecule has 9 heteroatoms. The Labute approximate surface area is 164 Å². The van der Waals surface area contributed by atoms with Gasteiger partial charge in [-0.15, -0.1) is 0 Å². The predicted molar refractivity (Wildman–Crippen MR) is 99.8 cm³/mol. The van der Waals surface area contributed by atoms with E-state index in [1.165, 1.54) is 40.6 Å². The Morgan fingerprint density at radius 2 is 1.54 bits per heavy atom. The van der Waals surface area contributed by atoms with E-state index in [0.29, 0.717) is 17.9 Å². The molecule has 1 amide bonds. The number of amides is 1. The predicted octanol–water partition coefficient (Wildman–Crippen LogP) is 1.57. The summed E-state index contributed by atoms with van der Waals surface area (Å²) in [6.45, 7) is 3.12. The minimum atomic E-state index is -0.822. The van der Waals surface area contributed by atoms with E-state index in [9.17, 15) is 14.4 Å². The molecule has 1 aromatic rings. The lowest BCUT2D eigenvalue weighted by atomic mass is 9.99. The van der Waals surface area contributed by atoms with Crippen LogP contribution in [0.1, 0.15) is 30.6 Å². The van der Waals surface area contributed by atoms with Crippen molar-refractivity contribution in [1.82, 2.24) is 5.32 Å². The monoisotopic (exact) mass is 397 g/mol. The van der Waals surface area contributed by atoms with Gasteiger partial charge in [-0.05, 0) is 5.92 Å². The summed E-state index contributed by atoms with van der Waals surface area (Å²) in [5, 5.41) is 2.53. The van der Waals surface area contributed by atoms with Crippen LogP contribution in [0.5, 0.6) is 17.2 Å². The van der Waals surface area contributed by atoms with Crippen LogP contribution in [0.3, 0.4) is 0 Å². The van der Waals surface area contributed by atoms with Crippen LogP contribution in [0.25, 0.3) is 0 Å². The summed E-state index contributed by atoms with van der Waals surface area (Å²) >= 11 is 0. The summed E-state index contributed by atoms with van der Waals surface area (Å²) in [5.41, 5.74) is 0.0689. The molecule has 0 saturated heterocycles. The molecular weight excluding hydrogens is 370 g/mol. The second kappa shape index (κ2) is 11.0. The molecule has 9 nitrogen and oxygen atoms in total. The van der Waals surface area contributed by atoms with Gasteiger partial charge in [-0.25, -0.2) is 9.59 Å². The lowest BCUT2D eigenvalue weighted by molar-refractivity contribution is -0.147. The van der Waals surface area contributed by atoms with Crippen molar-refractivity contribution in [3.63, 3.8) is 0 Å². The lowest BCUT2D eigenvalue weighted by Gasteiger charge is -2.21. The Morgan fingerprint density at radius 3 is 2.04 bits per heavy atom. The lowest BCUT2D eigenvalue weighted by Crippen LogP contribution is -2.47. The van der Waals surface area contributed by atoms with Gasteiger partial charge in [0.25, 0.3) is 5.91 Å². The highest BCUT2D eigenvalue weighted by Crippen LogP contribution is 2.34. The number of esters is 2. The molecule has 1 rings (SSSR count). The topological polar surface area (TPSA) is 109 Å². The molecule has 0 heterocycles. The first-order valence-corrected chi connectivity index (χ1v) is 8.67. The average Bonchev–Trinajstić information content (AvgIpc) is 2.73. The Hall–Kier alpha value is -2.97. The first-order chi connectivity index (χ1) is 13.3. The number of hydrogen-bond acceptors (Lipinski definition) is 8. The number of carbonyl (C=O) groups excluding carboxylic acids is 3. The van der Waals surface area contributed by atoms with Gasteiger partial charge in [0.2, 0.25) is 0 Å². The Kier molecular flexibility index (Phi) is 9.07. The fourth-order valence-electron chi connectivity index (χ4n) is 2.41. The van der Waals surface area contributed by atoms with Gasteiger partial charge in [0.15, 0.2) is 18.1 Å². The molecule has 1 aromatic carbocycles. The minimum Gasteiger partial charge on any atom is -0.496 e. The van der Waals surface area contributed by atoms with Gasteiger partial charge in [0.1, 0.15) is 17.4 Å². The van der Waals surface area contributed by atoms with Crippen LogP contribution in [0.15, 0.2) is 12.1 Å². The molecule has 0 radical (unpaired) electrons. The molecule has 1 N–H and O–H groups in total. The normalized spacial score (nSPS) is 12.4. The standard InChI is InChI=1S/C19H27NO8/c1-7-11(2)17(19(23)27-6)20-16(21)10-28-18(22)12-8-14(25-4)15(26-5)9-13(12)24-3/h8-9,11,17H,7,10H2,1-6H3,(H,20,21)/t11-,17-/m0/s1. The van der Waals surface area contributed by atoms with Crippen molar-refractivity contribution >= 4 is 17.8 Å². The van der Waals surface area contributed by atoms with E-state index in [1.807, 2.05) is 13.8 Å². The van der Waals surface area contributed by atoms with E-state index >= 15 is 0 Å². The van der Waals surface area contributed by atoms with E-state index in [4.69, 9.17) is 23.7 Å². The fraction of sp³-hybridized carbons (Fsp3) is 0.526. The second-order valence-electron chi connectivity index (χ2n) is 5.94. The summed E-state index contributed by atoms with van der Waals surface area (Å²) in [6, 6.07) is 2.05. The third-order valence-electron chi connectivity index (χ3n) is 4.24. The molecule has 2 atom stereocenters. The number of ether oxygens (including phenoxy) is 5. The van der Waals surface area contributed by atoms with Gasteiger partial charge in [-0.3, -0.25) is 4.79 Å². The maximum Gasteiger partial charge on any atom is 0.342 e. The zero-order valence-electron chi connectivity index (χ0n) is 17.0. The van der Waals surface area contributed by atoms with Gasteiger partial charge in [-0.1, -0.05) is 20.3 Å². The molecule has 0 bridgehead atoms. The maximum absolute atomic E-state index is 12.4. The van der Waals surface area contributed by atoms with E-state index in [-0.39, 0.29) is 17.2 Å². The minimum absolute atomic E-state index is 0.0689. The Bertz CT molecular complexity index is 703. The maximum atomic E-state index is 12.4. The molecule has 0 spiro atoms. The number of nitrogens with one attached hydrogen (secondary N) is 1. The van der Waals surface area contributed by atoms with E-state index in [2.05, 4.69) is 5.32 Å². The van der Waals surface area contributed by atoms with Crippen LogP contribution < -0.4 is 19.5 Å². The number of carbonyl (C=O) groups is 3. The summed E-state index contributed by atoms with van der Waals surface area (Å²) < 4.78 is 25.3. The Morgan fingerprint density at radius 1 is 0.964 bits per heavy atom. The van der Waals surface area contributed by atoms with E-state index < -0.39 is 30.5 Å². The van der Waals surface area contributed by atoms with Gasteiger partial charge in [0, 0.05) is 12.1 Å². The fourth-order valence-corrected chi connectivity index (χ4v) is 2.41. The third-order valence-corrected chi connectivity index (χ3v) is 4.24. The zero-order chi connectivity index (χ0) is 21.3. The highest BCUT2D eigenvalue weighted by molar-refractivity contribution is 5.95. The van der Waals surface area contributed by atoms with Gasteiger partial charge >= 0.3 is 11.9 Å². The summed E-state index contributed by atoms with van der Waals surface area (Å²) in [4.78, 5) is 36.4. The van der Waals surface area contributed by atoms with Crippen LogP contribution in [0.2, 0.25) is 0 Å². The summed E-state index contributed by atoms with van der Waals surface area (Å²) in [6.07, 6.45) is 0.655. The van der Waals surface area contributed by atoms with Crippen molar-refractivity contribution in [2.75, 3.05) is 35.0 Å². The van der Waals surface area contributed by atoms with Gasteiger partial charge in [-0.2, -0.15) is 0 Å². The van der Waals surface area contributed by atoms with Crippen molar-refractivity contribution in [1.29, 1.82) is 0 Å². The third kappa shape index (κ3) is 5.77. The molecule has 0 aliphatic rings. The Balaban J connectivity index is 2.85.